The Hall–Kier alpha value is -3.48. The van der Waals surface area contributed by atoms with Gasteiger partial charge in [0.05, 0.1) is 5.69 Å². The molecule has 0 atom stereocenters. The molecule has 2 heterocycles. The lowest BCUT2D eigenvalue weighted by Crippen LogP contribution is -2.23. The smallest absolute Gasteiger partial charge is 0.269 e. The number of rotatable bonds is 4. The van der Waals surface area contributed by atoms with E-state index in [1.54, 1.807) is 12.1 Å². The molecule has 0 saturated carbocycles. The number of benzene rings is 2. The number of nitrogens with one attached hydrogen (secondary N) is 2. The van der Waals surface area contributed by atoms with E-state index in [1.165, 1.54) is 0 Å². The fraction of sp³-hybridized carbons (Fsp3) is 0.200. The van der Waals surface area contributed by atoms with E-state index in [9.17, 15) is 9.90 Å². The monoisotopic (exact) mass is 365 g/mol. The van der Waals surface area contributed by atoms with Gasteiger partial charge in [-0.15, -0.1) is 0 Å². The molecule has 27 heavy (non-hydrogen) atoms. The van der Waals surface area contributed by atoms with Crippen LogP contribution in [0.1, 0.15) is 27.2 Å². The first-order valence-corrected chi connectivity index (χ1v) is 8.54. The van der Waals surface area contributed by atoms with E-state index in [2.05, 4.69) is 15.5 Å². The van der Waals surface area contributed by atoms with Gasteiger partial charge in [0.1, 0.15) is 11.4 Å². The van der Waals surface area contributed by atoms with Gasteiger partial charge in [-0.05, 0) is 60.9 Å². The fourth-order valence-electron chi connectivity index (χ4n) is 2.91. The lowest BCUT2D eigenvalue weighted by Gasteiger charge is -2.06. The van der Waals surface area contributed by atoms with E-state index in [0.29, 0.717) is 35.0 Å². The first-order valence-electron chi connectivity index (χ1n) is 8.54. The number of nitrogens with zero attached hydrogens (tertiary/aromatic N) is 1. The summed E-state index contributed by atoms with van der Waals surface area (Å²) < 4.78 is 10.6. The highest BCUT2D eigenvalue weighted by atomic mass is 16.7. The fourth-order valence-corrected chi connectivity index (χ4v) is 2.91. The van der Waals surface area contributed by atoms with Gasteiger partial charge in [0.15, 0.2) is 11.5 Å². The minimum Gasteiger partial charge on any atom is -0.507 e. The SMILES string of the molecule is Cc1cc(O)c(-c2cc(C(=O)NCc3ccc4c(c3)OCO4)[nH]n2)cc1C. The molecule has 0 radical (unpaired) electrons. The van der Waals surface area contributed by atoms with Crippen LogP contribution in [0.25, 0.3) is 11.3 Å². The predicted octanol–water partition coefficient (Wildman–Crippen LogP) is 3.06. The maximum absolute atomic E-state index is 12.4. The Balaban J connectivity index is 1.47. The summed E-state index contributed by atoms with van der Waals surface area (Å²) in [4.78, 5) is 12.4. The Bertz CT molecular complexity index is 1030. The number of ether oxygens (including phenoxy) is 2. The second kappa shape index (κ2) is 6.68. The van der Waals surface area contributed by atoms with Gasteiger partial charge >= 0.3 is 0 Å². The lowest BCUT2D eigenvalue weighted by atomic mass is 10.0. The molecular formula is C20H19N3O4. The predicted molar refractivity (Wildman–Crippen MR) is 98.9 cm³/mol. The molecule has 1 aliphatic heterocycles. The van der Waals surface area contributed by atoms with E-state index in [0.717, 1.165) is 16.7 Å². The van der Waals surface area contributed by atoms with Gasteiger partial charge in [-0.25, -0.2) is 0 Å². The molecule has 138 valence electrons. The first-order chi connectivity index (χ1) is 13.0. The van der Waals surface area contributed by atoms with Crippen LogP contribution in [0.5, 0.6) is 17.2 Å². The highest BCUT2D eigenvalue weighted by molar-refractivity contribution is 5.93. The number of phenolic OH excluding ortho intramolecular Hbond substituents is 1. The number of hydrogen-bond donors (Lipinski definition) is 3. The van der Waals surface area contributed by atoms with Crippen molar-refractivity contribution in [1.29, 1.82) is 0 Å². The van der Waals surface area contributed by atoms with Gasteiger partial charge in [0, 0.05) is 12.1 Å². The molecule has 1 amide bonds. The minimum absolute atomic E-state index is 0.136. The number of phenols is 1. The Morgan fingerprint density at radius 1 is 1.15 bits per heavy atom. The number of amides is 1. The van der Waals surface area contributed by atoms with E-state index < -0.39 is 0 Å². The molecule has 3 N–H and O–H groups in total. The summed E-state index contributed by atoms with van der Waals surface area (Å²) in [5, 5.41) is 19.9. The molecule has 0 bridgehead atoms. The van der Waals surface area contributed by atoms with Crippen LogP contribution in [0.15, 0.2) is 36.4 Å². The van der Waals surface area contributed by atoms with Crippen LogP contribution in [-0.2, 0) is 6.54 Å². The number of aromatic amines is 1. The van der Waals surface area contributed by atoms with Crippen molar-refractivity contribution < 1.29 is 19.4 Å². The highest BCUT2D eigenvalue weighted by Crippen LogP contribution is 2.33. The van der Waals surface area contributed by atoms with E-state index >= 15 is 0 Å². The van der Waals surface area contributed by atoms with Crippen LogP contribution < -0.4 is 14.8 Å². The van der Waals surface area contributed by atoms with Crippen LogP contribution in [0.3, 0.4) is 0 Å². The van der Waals surface area contributed by atoms with Crippen LogP contribution >= 0.6 is 0 Å². The number of H-pyrrole nitrogens is 1. The summed E-state index contributed by atoms with van der Waals surface area (Å²) in [6.07, 6.45) is 0. The van der Waals surface area contributed by atoms with Gasteiger partial charge in [0.2, 0.25) is 6.79 Å². The van der Waals surface area contributed by atoms with Crippen molar-refractivity contribution in [2.75, 3.05) is 6.79 Å². The first kappa shape index (κ1) is 17.0. The maximum Gasteiger partial charge on any atom is 0.269 e. The number of carbonyl (C=O) groups excluding carboxylic acids is 1. The molecule has 0 unspecified atom stereocenters. The van der Waals surface area contributed by atoms with Crippen molar-refractivity contribution in [3.63, 3.8) is 0 Å². The highest BCUT2D eigenvalue weighted by Gasteiger charge is 2.16. The van der Waals surface area contributed by atoms with Crippen LogP contribution in [0.4, 0.5) is 0 Å². The van der Waals surface area contributed by atoms with Gasteiger partial charge in [-0.2, -0.15) is 5.10 Å². The molecule has 1 aromatic heterocycles. The Morgan fingerprint density at radius 2 is 1.93 bits per heavy atom. The second-order valence-electron chi connectivity index (χ2n) is 6.49. The zero-order chi connectivity index (χ0) is 19.0. The largest absolute Gasteiger partial charge is 0.507 e. The molecule has 7 heteroatoms. The number of aryl methyl sites for hydroxylation is 2. The third kappa shape index (κ3) is 3.31. The van der Waals surface area contributed by atoms with Gasteiger partial charge < -0.3 is 19.9 Å². The molecular weight excluding hydrogens is 346 g/mol. The summed E-state index contributed by atoms with van der Waals surface area (Å²) in [7, 11) is 0. The van der Waals surface area contributed by atoms with E-state index in [4.69, 9.17) is 9.47 Å². The lowest BCUT2D eigenvalue weighted by molar-refractivity contribution is 0.0946. The van der Waals surface area contributed by atoms with E-state index in [-0.39, 0.29) is 18.4 Å². The van der Waals surface area contributed by atoms with Crippen LogP contribution in [-0.4, -0.2) is 28.0 Å². The number of aromatic nitrogens is 2. The van der Waals surface area contributed by atoms with Crippen LogP contribution in [0.2, 0.25) is 0 Å². The maximum atomic E-state index is 12.4. The molecule has 0 spiro atoms. The average molecular weight is 365 g/mol. The van der Waals surface area contributed by atoms with Crippen molar-refractivity contribution in [2.24, 2.45) is 0 Å². The average Bonchev–Trinajstić information content (AvgIpc) is 3.31. The number of carbonyl (C=O) groups is 1. The summed E-state index contributed by atoms with van der Waals surface area (Å²) in [5.74, 6) is 1.24. The van der Waals surface area contributed by atoms with Crippen molar-refractivity contribution in [2.45, 2.75) is 20.4 Å². The minimum atomic E-state index is -0.283. The molecule has 3 aromatic rings. The van der Waals surface area contributed by atoms with Crippen LogP contribution in [0, 0.1) is 13.8 Å². The van der Waals surface area contributed by atoms with Gasteiger partial charge in [-0.1, -0.05) is 6.07 Å². The summed E-state index contributed by atoms with van der Waals surface area (Å²) >= 11 is 0. The van der Waals surface area contributed by atoms with Gasteiger partial charge in [0.25, 0.3) is 5.91 Å². The standard InChI is InChI=1S/C20H19N3O4/c1-11-5-14(17(24)6-12(11)2)15-8-16(23-22-15)20(25)21-9-13-3-4-18-19(7-13)27-10-26-18/h3-8,24H,9-10H2,1-2H3,(H,21,25)(H,22,23). The Morgan fingerprint density at radius 3 is 2.78 bits per heavy atom. The third-order valence-electron chi connectivity index (χ3n) is 4.60. The molecule has 1 aliphatic rings. The number of aromatic hydroxyl groups is 1. The zero-order valence-corrected chi connectivity index (χ0v) is 15.0. The van der Waals surface area contributed by atoms with Crippen molar-refractivity contribution in [3.8, 4) is 28.5 Å². The third-order valence-corrected chi connectivity index (χ3v) is 4.60. The van der Waals surface area contributed by atoms with Crippen molar-refractivity contribution in [3.05, 3.63) is 58.8 Å². The normalized spacial score (nSPS) is 12.2. The summed E-state index contributed by atoms with van der Waals surface area (Å²) in [6.45, 7) is 4.45. The topological polar surface area (TPSA) is 96.5 Å². The molecule has 4 rings (SSSR count). The summed E-state index contributed by atoms with van der Waals surface area (Å²) in [5.41, 5.74) is 4.36. The second-order valence-corrected chi connectivity index (χ2v) is 6.49. The molecule has 2 aromatic carbocycles. The Labute approximate surface area is 155 Å². The van der Waals surface area contributed by atoms with Crippen molar-refractivity contribution >= 4 is 5.91 Å². The Kier molecular flexibility index (Phi) is 4.19. The molecule has 0 saturated heterocycles. The molecule has 0 fully saturated rings. The van der Waals surface area contributed by atoms with Crippen molar-refractivity contribution in [1.82, 2.24) is 15.5 Å². The molecule has 0 aliphatic carbocycles. The van der Waals surface area contributed by atoms with E-state index in [1.807, 2.05) is 38.1 Å². The number of hydrogen-bond acceptors (Lipinski definition) is 5. The summed E-state index contributed by atoms with van der Waals surface area (Å²) in [6, 6.07) is 10.7. The van der Waals surface area contributed by atoms with Gasteiger partial charge in [-0.3, -0.25) is 9.89 Å². The number of fused-ring (bicyclic) bond motifs is 1. The quantitative estimate of drug-likeness (QED) is 0.660. The molecule has 7 nitrogen and oxygen atoms in total. The zero-order valence-electron chi connectivity index (χ0n) is 15.0.